The number of hydrogen-bond donors (Lipinski definition) is 2. The van der Waals surface area contributed by atoms with E-state index in [0.717, 1.165) is 17.7 Å². The van der Waals surface area contributed by atoms with Crippen molar-refractivity contribution in [2.45, 2.75) is 31.3 Å². The van der Waals surface area contributed by atoms with E-state index < -0.39 is 0 Å². The maximum atomic E-state index is 9.55. The van der Waals surface area contributed by atoms with Crippen molar-refractivity contribution in [1.82, 2.24) is 5.32 Å². The number of nitrogens with one attached hydrogen (secondary N) is 1. The molecule has 0 saturated carbocycles. The Morgan fingerprint density at radius 1 is 1.50 bits per heavy atom. The Morgan fingerprint density at radius 3 is 3.06 bits per heavy atom. The largest absolute Gasteiger partial charge is 0.497 e. The van der Waals surface area contributed by atoms with Crippen LogP contribution in [-0.2, 0) is 0 Å². The zero-order valence-electron chi connectivity index (χ0n) is 10.8. The van der Waals surface area contributed by atoms with E-state index >= 15 is 0 Å². The normalized spacial score (nSPS) is 20.7. The van der Waals surface area contributed by atoms with Crippen LogP contribution in [0.25, 0.3) is 0 Å². The molecule has 1 aliphatic rings. The van der Waals surface area contributed by atoms with Crippen LogP contribution in [0.2, 0.25) is 0 Å². The lowest BCUT2D eigenvalue weighted by atomic mass is 10.00. The van der Waals surface area contributed by atoms with Crippen LogP contribution in [0.5, 0.6) is 5.75 Å². The highest BCUT2D eigenvalue weighted by molar-refractivity contribution is 5.30. The van der Waals surface area contributed by atoms with Gasteiger partial charge in [-0.25, -0.2) is 0 Å². The van der Waals surface area contributed by atoms with Crippen molar-refractivity contribution < 1.29 is 9.84 Å². The van der Waals surface area contributed by atoms with E-state index in [0.29, 0.717) is 6.04 Å². The summed E-state index contributed by atoms with van der Waals surface area (Å²) in [6, 6.07) is 8.19. The molecular weight excluding hydrogens is 226 g/mol. The van der Waals surface area contributed by atoms with Gasteiger partial charge in [-0.2, -0.15) is 0 Å². The molecule has 3 heteroatoms. The van der Waals surface area contributed by atoms with E-state index in [2.05, 4.69) is 17.5 Å². The molecule has 0 radical (unpaired) electrons. The zero-order valence-corrected chi connectivity index (χ0v) is 10.8. The second kappa shape index (κ2) is 6.57. The Labute approximate surface area is 108 Å². The molecule has 0 heterocycles. The van der Waals surface area contributed by atoms with Crippen LogP contribution < -0.4 is 10.1 Å². The Kier molecular flexibility index (Phi) is 4.79. The number of allylic oxidation sites excluding steroid dienone is 1. The van der Waals surface area contributed by atoms with Crippen molar-refractivity contribution in [3.05, 3.63) is 42.0 Å². The molecule has 1 aromatic carbocycles. The lowest BCUT2D eigenvalue weighted by Gasteiger charge is -2.24. The molecule has 98 valence electrons. The summed E-state index contributed by atoms with van der Waals surface area (Å²) in [5, 5.41) is 13.0. The Hall–Kier alpha value is -1.32. The summed E-state index contributed by atoms with van der Waals surface area (Å²) in [6.07, 6.45) is 7.93. The molecule has 2 unspecified atom stereocenters. The number of ether oxygens (including phenoxy) is 1. The van der Waals surface area contributed by atoms with Crippen molar-refractivity contribution in [3.8, 4) is 5.75 Å². The lowest BCUT2D eigenvalue weighted by Crippen LogP contribution is -2.34. The van der Waals surface area contributed by atoms with Crippen LogP contribution in [0.3, 0.4) is 0 Å². The highest BCUT2D eigenvalue weighted by atomic mass is 16.5. The van der Waals surface area contributed by atoms with Crippen molar-refractivity contribution >= 4 is 0 Å². The number of methoxy groups -OCH3 is 1. The van der Waals surface area contributed by atoms with Crippen molar-refractivity contribution in [1.29, 1.82) is 0 Å². The van der Waals surface area contributed by atoms with Crippen molar-refractivity contribution in [2.75, 3.05) is 13.7 Å². The SMILES string of the molecule is COc1cccc(C(CO)NC2C=CCCC2)c1. The van der Waals surface area contributed by atoms with Crippen LogP contribution in [0.15, 0.2) is 36.4 Å². The average Bonchev–Trinajstić information content (AvgIpc) is 2.46. The van der Waals surface area contributed by atoms with Gasteiger partial charge in [0.2, 0.25) is 0 Å². The number of rotatable bonds is 5. The van der Waals surface area contributed by atoms with E-state index in [1.165, 1.54) is 12.8 Å². The van der Waals surface area contributed by atoms with Gasteiger partial charge >= 0.3 is 0 Å². The molecule has 3 nitrogen and oxygen atoms in total. The summed E-state index contributed by atoms with van der Waals surface area (Å²) in [6.45, 7) is 0.0947. The minimum atomic E-state index is -0.0344. The molecule has 2 N–H and O–H groups in total. The maximum Gasteiger partial charge on any atom is 0.119 e. The molecule has 0 fully saturated rings. The van der Waals surface area contributed by atoms with Gasteiger partial charge in [0.1, 0.15) is 5.75 Å². The predicted molar refractivity (Wildman–Crippen MR) is 72.7 cm³/mol. The molecule has 0 aliphatic heterocycles. The quantitative estimate of drug-likeness (QED) is 0.785. The fraction of sp³-hybridized carbons (Fsp3) is 0.467. The topological polar surface area (TPSA) is 41.5 Å². The summed E-state index contributed by atoms with van der Waals surface area (Å²) in [5.74, 6) is 0.826. The van der Waals surface area contributed by atoms with Crippen molar-refractivity contribution in [3.63, 3.8) is 0 Å². The summed E-state index contributed by atoms with van der Waals surface area (Å²) < 4.78 is 5.22. The van der Waals surface area contributed by atoms with Crippen LogP contribution in [0, 0.1) is 0 Å². The Bertz CT molecular complexity index is 403. The third kappa shape index (κ3) is 3.34. The zero-order chi connectivity index (χ0) is 12.8. The number of hydrogen-bond acceptors (Lipinski definition) is 3. The number of aliphatic hydroxyl groups excluding tert-OH is 1. The van der Waals surface area contributed by atoms with E-state index in [1.807, 2.05) is 24.3 Å². The smallest absolute Gasteiger partial charge is 0.119 e. The van der Waals surface area contributed by atoms with Gasteiger partial charge in [0, 0.05) is 6.04 Å². The third-order valence-corrected chi connectivity index (χ3v) is 3.35. The van der Waals surface area contributed by atoms with Gasteiger partial charge in [0.25, 0.3) is 0 Å². The van der Waals surface area contributed by atoms with Crippen LogP contribution in [-0.4, -0.2) is 24.9 Å². The first kappa shape index (κ1) is 13.1. The third-order valence-electron chi connectivity index (χ3n) is 3.35. The first-order chi connectivity index (χ1) is 8.83. The Morgan fingerprint density at radius 2 is 2.39 bits per heavy atom. The summed E-state index contributed by atoms with van der Waals surface area (Å²) >= 11 is 0. The van der Waals surface area contributed by atoms with Gasteiger partial charge < -0.3 is 15.2 Å². The van der Waals surface area contributed by atoms with E-state index in [9.17, 15) is 5.11 Å². The molecule has 18 heavy (non-hydrogen) atoms. The first-order valence-corrected chi connectivity index (χ1v) is 6.51. The van der Waals surface area contributed by atoms with Crippen LogP contribution >= 0.6 is 0 Å². The standard InChI is InChI=1S/C15H21NO2/c1-18-14-9-5-6-12(10-14)15(11-17)16-13-7-3-2-4-8-13/h3,5-7,9-10,13,15-17H,2,4,8,11H2,1H3. The summed E-state index contributed by atoms with van der Waals surface area (Å²) in [7, 11) is 1.66. The maximum absolute atomic E-state index is 9.55. The second-order valence-corrected chi connectivity index (χ2v) is 4.64. The first-order valence-electron chi connectivity index (χ1n) is 6.51. The summed E-state index contributed by atoms with van der Waals surface area (Å²) in [4.78, 5) is 0. The molecule has 0 amide bonds. The fourth-order valence-corrected chi connectivity index (χ4v) is 2.32. The highest BCUT2D eigenvalue weighted by Crippen LogP contribution is 2.21. The van der Waals surface area contributed by atoms with E-state index in [1.54, 1.807) is 7.11 Å². The molecule has 0 aromatic heterocycles. The highest BCUT2D eigenvalue weighted by Gasteiger charge is 2.16. The number of aliphatic hydroxyl groups is 1. The van der Waals surface area contributed by atoms with E-state index in [4.69, 9.17) is 4.74 Å². The molecule has 1 aliphatic carbocycles. The second-order valence-electron chi connectivity index (χ2n) is 4.64. The van der Waals surface area contributed by atoms with Crippen LogP contribution in [0.1, 0.15) is 30.9 Å². The lowest BCUT2D eigenvalue weighted by molar-refractivity contribution is 0.235. The van der Waals surface area contributed by atoms with Gasteiger partial charge in [0.15, 0.2) is 0 Å². The molecule has 2 rings (SSSR count). The Balaban J connectivity index is 2.06. The molecule has 1 aromatic rings. The molecule has 2 atom stereocenters. The van der Waals surface area contributed by atoms with Gasteiger partial charge in [-0.15, -0.1) is 0 Å². The predicted octanol–water partition coefficient (Wildman–Crippen LogP) is 2.43. The summed E-state index contributed by atoms with van der Waals surface area (Å²) in [5.41, 5.74) is 1.07. The number of benzene rings is 1. The van der Waals surface area contributed by atoms with Gasteiger partial charge in [-0.3, -0.25) is 0 Å². The molecular formula is C15H21NO2. The minimum absolute atomic E-state index is 0.0344. The minimum Gasteiger partial charge on any atom is -0.497 e. The van der Waals surface area contributed by atoms with Gasteiger partial charge in [-0.05, 0) is 37.0 Å². The van der Waals surface area contributed by atoms with Gasteiger partial charge in [0.05, 0.1) is 19.8 Å². The van der Waals surface area contributed by atoms with E-state index in [-0.39, 0.29) is 12.6 Å². The molecule has 0 spiro atoms. The molecule has 0 bridgehead atoms. The monoisotopic (exact) mass is 247 g/mol. The molecule has 0 saturated heterocycles. The van der Waals surface area contributed by atoms with Crippen LogP contribution in [0.4, 0.5) is 0 Å². The fourth-order valence-electron chi connectivity index (χ4n) is 2.32. The van der Waals surface area contributed by atoms with Crippen molar-refractivity contribution in [2.24, 2.45) is 0 Å². The average molecular weight is 247 g/mol. The van der Waals surface area contributed by atoms with Gasteiger partial charge in [-0.1, -0.05) is 24.3 Å².